The molecule has 6 heteroatoms. The van der Waals surface area contributed by atoms with Gasteiger partial charge in [0.05, 0.1) is 16.2 Å². The molecule has 2 heterocycles. The molecule has 2 aromatic carbocycles. The van der Waals surface area contributed by atoms with Crippen LogP contribution in [0, 0.1) is 6.92 Å². The van der Waals surface area contributed by atoms with E-state index in [0.717, 1.165) is 22.5 Å². The number of carbonyl (C=O) groups excluding carboxylic acids is 1. The van der Waals surface area contributed by atoms with Gasteiger partial charge in [0.25, 0.3) is 11.5 Å². The van der Waals surface area contributed by atoms with Crippen LogP contribution in [0.15, 0.2) is 65.5 Å². The Morgan fingerprint density at radius 2 is 1.59 bits per heavy atom. The van der Waals surface area contributed by atoms with E-state index in [1.54, 1.807) is 6.92 Å². The molecule has 0 bridgehead atoms. The molecule has 5 nitrogen and oxygen atoms in total. The fraction of sp³-hybridized carbons (Fsp3) is 0.0952. The van der Waals surface area contributed by atoms with Gasteiger partial charge in [0, 0.05) is 0 Å². The number of aromatic amines is 1. The quantitative estimate of drug-likeness (QED) is 0.571. The molecule has 0 saturated heterocycles. The third-order valence-corrected chi connectivity index (χ3v) is 5.78. The Balaban J connectivity index is 1.97. The number of carbonyl (C=O) groups is 1. The zero-order chi connectivity index (χ0) is 19.0. The fourth-order valence-electron chi connectivity index (χ4n) is 3.33. The highest BCUT2D eigenvalue weighted by Gasteiger charge is 2.23. The Bertz CT molecular complexity index is 1140. The number of fused-ring (bicyclic) bond motifs is 1. The maximum atomic E-state index is 12.8. The van der Waals surface area contributed by atoms with Crippen LogP contribution < -0.4 is 11.3 Å². The van der Waals surface area contributed by atoms with Crippen molar-refractivity contribution in [2.24, 2.45) is 5.73 Å². The molecule has 4 rings (SSSR count). The molecule has 0 aliphatic carbocycles. The van der Waals surface area contributed by atoms with Gasteiger partial charge in [0.1, 0.15) is 10.7 Å². The van der Waals surface area contributed by atoms with Crippen LogP contribution >= 0.6 is 11.3 Å². The second-order valence-electron chi connectivity index (χ2n) is 6.31. The van der Waals surface area contributed by atoms with Crippen LogP contribution in [0.5, 0.6) is 0 Å². The maximum absolute atomic E-state index is 12.8. The molecule has 4 aromatic rings. The summed E-state index contributed by atoms with van der Waals surface area (Å²) >= 11 is 1.16. The van der Waals surface area contributed by atoms with Crippen molar-refractivity contribution >= 4 is 27.5 Å². The Hall–Kier alpha value is -3.25. The second kappa shape index (κ2) is 6.81. The predicted molar refractivity (Wildman–Crippen MR) is 107 cm³/mol. The topological polar surface area (TPSA) is 88.8 Å². The molecule has 0 aliphatic rings. The van der Waals surface area contributed by atoms with Gasteiger partial charge < -0.3 is 10.7 Å². The number of aromatic nitrogens is 2. The lowest BCUT2D eigenvalue weighted by Gasteiger charge is -2.17. The average Bonchev–Trinajstić information content (AvgIpc) is 3.01. The van der Waals surface area contributed by atoms with Crippen molar-refractivity contribution in [3.63, 3.8) is 0 Å². The van der Waals surface area contributed by atoms with Crippen molar-refractivity contribution in [2.45, 2.75) is 12.8 Å². The number of aryl methyl sites for hydroxylation is 1. The first-order valence-electron chi connectivity index (χ1n) is 8.49. The second-order valence-corrected chi connectivity index (χ2v) is 7.31. The van der Waals surface area contributed by atoms with Crippen molar-refractivity contribution in [2.75, 3.05) is 0 Å². The van der Waals surface area contributed by atoms with Crippen molar-refractivity contribution < 1.29 is 4.79 Å². The van der Waals surface area contributed by atoms with Gasteiger partial charge in [-0.2, -0.15) is 0 Å². The normalized spacial score (nSPS) is 11.2. The molecule has 2 aromatic heterocycles. The fourth-order valence-corrected chi connectivity index (χ4v) is 4.37. The van der Waals surface area contributed by atoms with Crippen LogP contribution in [-0.4, -0.2) is 15.9 Å². The molecular weight excluding hydrogens is 358 g/mol. The number of thiophene rings is 1. The molecule has 134 valence electrons. The SMILES string of the molecule is Cc1c(C(N)=O)sc2nc(C(c3ccccc3)c3ccccc3)[nH]c(=O)c12. The third kappa shape index (κ3) is 3.04. The molecule has 1 amide bonds. The van der Waals surface area contributed by atoms with E-state index in [-0.39, 0.29) is 11.5 Å². The van der Waals surface area contributed by atoms with Gasteiger partial charge in [0.15, 0.2) is 0 Å². The van der Waals surface area contributed by atoms with Crippen LogP contribution in [0.4, 0.5) is 0 Å². The highest BCUT2D eigenvalue weighted by molar-refractivity contribution is 7.20. The summed E-state index contributed by atoms with van der Waals surface area (Å²) in [5, 5.41) is 0.428. The minimum atomic E-state index is -0.542. The molecule has 0 unspecified atom stereocenters. The van der Waals surface area contributed by atoms with Gasteiger partial charge in [-0.05, 0) is 23.6 Å². The number of rotatable bonds is 4. The highest BCUT2D eigenvalue weighted by Crippen LogP contribution is 2.32. The molecule has 0 aliphatic heterocycles. The van der Waals surface area contributed by atoms with E-state index in [1.165, 1.54) is 0 Å². The molecule has 0 saturated carbocycles. The minimum Gasteiger partial charge on any atom is -0.365 e. The largest absolute Gasteiger partial charge is 0.365 e. The number of primary amides is 1. The van der Waals surface area contributed by atoms with E-state index in [0.29, 0.717) is 26.5 Å². The molecule has 3 N–H and O–H groups in total. The minimum absolute atomic E-state index is 0.219. The van der Waals surface area contributed by atoms with E-state index in [2.05, 4.69) is 4.98 Å². The molecule has 27 heavy (non-hydrogen) atoms. The molecular formula is C21H17N3O2S. The smallest absolute Gasteiger partial charge is 0.259 e. The zero-order valence-corrected chi connectivity index (χ0v) is 15.4. The summed E-state index contributed by atoms with van der Waals surface area (Å²) in [4.78, 5) is 33.0. The highest BCUT2D eigenvalue weighted by atomic mass is 32.1. The summed E-state index contributed by atoms with van der Waals surface area (Å²) in [5.74, 6) is -0.217. The number of H-pyrrole nitrogens is 1. The Morgan fingerprint density at radius 1 is 1.04 bits per heavy atom. The summed E-state index contributed by atoms with van der Waals surface area (Å²) in [5.41, 5.74) is 7.81. The van der Waals surface area contributed by atoms with Crippen molar-refractivity contribution in [3.8, 4) is 0 Å². The lowest BCUT2D eigenvalue weighted by atomic mass is 9.90. The molecule has 0 fully saturated rings. The first-order valence-corrected chi connectivity index (χ1v) is 9.31. The van der Waals surface area contributed by atoms with Crippen molar-refractivity contribution in [3.05, 3.63) is 98.4 Å². The molecule has 0 atom stereocenters. The molecule has 0 spiro atoms. The first-order chi connectivity index (χ1) is 13.1. The number of hydrogen-bond acceptors (Lipinski definition) is 4. The Labute approximate surface area is 159 Å². The van der Waals surface area contributed by atoms with Crippen LogP contribution in [0.2, 0.25) is 0 Å². The number of amides is 1. The van der Waals surface area contributed by atoms with Crippen LogP contribution in [-0.2, 0) is 0 Å². The van der Waals surface area contributed by atoms with Gasteiger partial charge in [0.2, 0.25) is 0 Å². The monoisotopic (exact) mass is 375 g/mol. The van der Waals surface area contributed by atoms with Crippen LogP contribution in [0.1, 0.15) is 38.1 Å². The summed E-state index contributed by atoms with van der Waals surface area (Å²) in [6.07, 6.45) is 0. The lowest BCUT2D eigenvalue weighted by Crippen LogP contribution is -2.16. The number of hydrogen-bond donors (Lipinski definition) is 2. The zero-order valence-electron chi connectivity index (χ0n) is 14.6. The number of nitrogens with zero attached hydrogens (tertiary/aromatic N) is 1. The Kier molecular flexibility index (Phi) is 4.33. The summed E-state index contributed by atoms with van der Waals surface area (Å²) in [6, 6.07) is 19.8. The van der Waals surface area contributed by atoms with Gasteiger partial charge in [-0.15, -0.1) is 11.3 Å². The summed E-state index contributed by atoms with van der Waals surface area (Å²) < 4.78 is 0. The average molecular weight is 375 g/mol. The molecule has 0 radical (unpaired) electrons. The van der Waals surface area contributed by atoms with E-state index in [4.69, 9.17) is 10.7 Å². The van der Waals surface area contributed by atoms with Crippen molar-refractivity contribution in [1.29, 1.82) is 0 Å². The van der Waals surface area contributed by atoms with Crippen LogP contribution in [0.25, 0.3) is 10.2 Å². The van der Waals surface area contributed by atoms with E-state index in [1.807, 2.05) is 60.7 Å². The number of nitrogens with one attached hydrogen (secondary N) is 1. The first kappa shape index (κ1) is 17.2. The van der Waals surface area contributed by atoms with Gasteiger partial charge >= 0.3 is 0 Å². The lowest BCUT2D eigenvalue weighted by molar-refractivity contribution is 0.100. The van der Waals surface area contributed by atoms with E-state index in [9.17, 15) is 9.59 Å². The predicted octanol–water partition coefficient (Wildman–Crippen LogP) is 3.57. The van der Waals surface area contributed by atoms with Gasteiger partial charge in [-0.25, -0.2) is 4.98 Å². The summed E-state index contributed by atoms with van der Waals surface area (Å²) in [7, 11) is 0. The standard InChI is InChI=1S/C21H17N3O2S/c1-12-15-20(26)23-19(24-21(15)27-17(12)18(22)25)16(13-8-4-2-5-9-13)14-10-6-3-7-11-14/h2-11,16H,1H3,(H2,22,25)(H,23,24,26). The summed E-state index contributed by atoms with van der Waals surface area (Å²) in [6.45, 7) is 1.72. The third-order valence-electron chi connectivity index (χ3n) is 4.58. The van der Waals surface area contributed by atoms with E-state index >= 15 is 0 Å². The number of nitrogens with two attached hydrogens (primary N) is 1. The van der Waals surface area contributed by atoms with Gasteiger partial charge in [-0.3, -0.25) is 9.59 Å². The number of benzene rings is 2. The van der Waals surface area contributed by atoms with Gasteiger partial charge in [-0.1, -0.05) is 60.7 Å². The van der Waals surface area contributed by atoms with E-state index < -0.39 is 5.91 Å². The van der Waals surface area contributed by atoms with Crippen LogP contribution in [0.3, 0.4) is 0 Å². The maximum Gasteiger partial charge on any atom is 0.259 e. The van der Waals surface area contributed by atoms with Crippen molar-refractivity contribution in [1.82, 2.24) is 9.97 Å². The Morgan fingerprint density at radius 3 is 2.11 bits per heavy atom.